The molecule has 2 aliphatic rings. The number of nitrogens with zero attached hydrogens (tertiary/aromatic N) is 2. The first-order chi connectivity index (χ1) is 16.2. The molecule has 4 rings (SSSR count). The number of nitrogens with one attached hydrogen (secondary N) is 1. The van der Waals surface area contributed by atoms with Gasteiger partial charge < -0.3 is 5.32 Å². The SMILES string of the molecule is O=C(/C=C/c1ccc(CNC(=O)C2CCCC2)nc1)CN1CCC=C(c2ccccc2)CC1. The van der Waals surface area contributed by atoms with Crippen molar-refractivity contribution in [2.24, 2.45) is 5.92 Å². The predicted molar refractivity (Wildman–Crippen MR) is 132 cm³/mol. The van der Waals surface area contributed by atoms with Crippen LogP contribution >= 0.6 is 0 Å². The highest BCUT2D eigenvalue weighted by Crippen LogP contribution is 2.24. The Balaban J connectivity index is 1.21. The number of benzene rings is 1. The van der Waals surface area contributed by atoms with Crippen molar-refractivity contribution in [3.05, 3.63) is 77.6 Å². The fourth-order valence-corrected chi connectivity index (χ4v) is 4.60. The van der Waals surface area contributed by atoms with Crippen LogP contribution in [0.4, 0.5) is 0 Å². The monoisotopic (exact) mass is 443 g/mol. The summed E-state index contributed by atoms with van der Waals surface area (Å²) in [5, 5.41) is 2.99. The molecule has 0 radical (unpaired) electrons. The quantitative estimate of drug-likeness (QED) is 0.604. The molecule has 1 amide bonds. The van der Waals surface area contributed by atoms with Crippen LogP contribution in [0.15, 0.2) is 60.8 Å². The van der Waals surface area contributed by atoms with Gasteiger partial charge in [-0.2, -0.15) is 0 Å². The molecule has 0 saturated heterocycles. The Morgan fingerprint density at radius 2 is 1.88 bits per heavy atom. The predicted octanol–water partition coefficient (Wildman–Crippen LogP) is 4.65. The summed E-state index contributed by atoms with van der Waals surface area (Å²) in [7, 11) is 0. The smallest absolute Gasteiger partial charge is 0.223 e. The molecule has 0 unspecified atom stereocenters. The van der Waals surface area contributed by atoms with Crippen molar-refractivity contribution in [1.29, 1.82) is 0 Å². The van der Waals surface area contributed by atoms with E-state index in [9.17, 15) is 9.59 Å². The maximum Gasteiger partial charge on any atom is 0.223 e. The molecule has 5 heteroatoms. The molecular formula is C28H33N3O2. The minimum atomic E-state index is 0.103. The van der Waals surface area contributed by atoms with E-state index in [1.807, 2.05) is 24.3 Å². The molecule has 1 fully saturated rings. The summed E-state index contributed by atoms with van der Waals surface area (Å²) in [4.78, 5) is 31.3. The number of aromatic nitrogens is 1. The average Bonchev–Trinajstić information content (AvgIpc) is 3.30. The highest BCUT2D eigenvalue weighted by molar-refractivity contribution is 5.95. The summed E-state index contributed by atoms with van der Waals surface area (Å²) >= 11 is 0. The second-order valence-corrected chi connectivity index (χ2v) is 8.99. The maximum absolute atomic E-state index is 12.5. The first-order valence-electron chi connectivity index (χ1n) is 12.1. The summed E-state index contributed by atoms with van der Waals surface area (Å²) < 4.78 is 0. The summed E-state index contributed by atoms with van der Waals surface area (Å²) in [6, 6.07) is 14.3. The lowest BCUT2D eigenvalue weighted by molar-refractivity contribution is -0.125. The number of carbonyl (C=O) groups is 2. The van der Waals surface area contributed by atoms with Gasteiger partial charge in [-0.05, 0) is 60.6 Å². The third-order valence-electron chi connectivity index (χ3n) is 6.54. The second-order valence-electron chi connectivity index (χ2n) is 8.99. The molecule has 0 atom stereocenters. The fraction of sp³-hybridized carbons (Fsp3) is 0.393. The molecule has 1 aromatic carbocycles. The van der Waals surface area contributed by atoms with Gasteiger partial charge in [0.15, 0.2) is 5.78 Å². The van der Waals surface area contributed by atoms with E-state index in [1.54, 1.807) is 12.3 Å². The molecule has 172 valence electrons. The maximum atomic E-state index is 12.5. The van der Waals surface area contributed by atoms with Gasteiger partial charge in [-0.3, -0.25) is 19.5 Å². The van der Waals surface area contributed by atoms with Crippen LogP contribution in [0.25, 0.3) is 11.6 Å². The molecule has 1 aliphatic carbocycles. The van der Waals surface area contributed by atoms with Gasteiger partial charge >= 0.3 is 0 Å². The van der Waals surface area contributed by atoms with Crippen molar-refractivity contribution in [2.45, 2.75) is 45.1 Å². The molecule has 2 aromatic rings. The van der Waals surface area contributed by atoms with Crippen molar-refractivity contribution in [2.75, 3.05) is 19.6 Å². The molecule has 0 spiro atoms. The van der Waals surface area contributed by atoms with Crippen molar-refractivity contribution in [3.63, 3.8) is 0 Å². The van der Waals surface area contributed by atoms with Crippen LogP contribution in [0.3, 0.4) is 0 Å². The Morgan fingerprint density at radius 3 is 2.64 bits per heavy atom. The summed E-state index contributed by atoms with van der Waals surface area (Å²) in [5.74, 6) is 0.415. The molecule has 5 nitrogen and oxygen atoms in total. The summed E-state index contributed by atoms with van der Waals surface area (Å²) in [6.07, 6.45) is 13.8. The highest BCUT2D eigenvalue weighted by atomic mass is 16.2. The molecule has 0 bridgehead atoms. The van der Waals surface area contributed by atoms with E-state index < -0.39 is 0 Å². The number of rotatable bonds is 8. The normalized spacial score (nSPS) is 17.6. The van der Waals surface area contributed by atoms with Crippen LogP contribution in [0.5, 0.6) is 0 Å². The van der Waals surface area contributed by atoms with E-state index in [4.69, 9.17) is 0 Å². The lowest BCUT2D eigenvalue weighted by Gasteiger charge is -2.18. The van der Waals surface area contributed by atoms with Crippen molar-refractivity contribution in [1.82, 2.24) is 15.2 Å². The van der Waals surface area contributed by atoms with Crippen LogP contribution in [0, 0.1) is 5.92 Å². The van der Waals surface area contributed by atoms with Gasteiger partial charge in [-0.1, -0.05) is 55.3 Å². The number of carbonyl (C=O) groups excluding carboxylic acids is 2. The number of pyridine rings is 1. The summed E-state index contributed by atoms with van der Waals surface area (Å²) in [5.41, 5.74) is 4.36. The van der Waals surface area contributed by atoms with Crippen LogP contribution in [0.1, 0.15) is 55.3 Å². The van der Waals surface area contributed by atoms with Crippen molar-refractivity contribution >= 4 is 23.3 Å². The molecule has 1 N–H and O–H groups in total. The lowest BCUT2D eigenvalue weighted by atomic mass is 10.0. The molecule has 2 heterocycles. The fourth-order valence-electron chi connectivity index (χ4n) is 4.60. The Bertz CT molecular complexity index is 990. The Morgan fingerprint density at radius 1 is 1.06 bits per heavy atom. The average molecular weight is 444 g/mol. The Kier molecular flexibility index (Phi) is 8.20. The number of amides is 1. The van der Waals surface area contributed by atoms with Gasteiger partial charge in [0.05, 0.1) is 18.8 Å². The zero-order valence-electron chi connectivity index (χ0n) is 19.2. The van der Waals surface area contributed by atoms with E-state index in [0.29, 0.717) is 13.1 Å². The highest BCUT2D eigenvalue weighted by Gasteiger charge is 2.22. The van der Waals surface area contributed by atoms with Gasteiger partial charge in [0.25, 0.3) is 0 Å². The first kappa shape index (κ1) is 23.1. The Hall–Kier alpha value is -3.05. The molecule has 1 aliphatic heterocycles. The lowest BCUT2D eigenvalue weighted by Crippen LogP contribution is -2.30. The molecule has 33 heavy (non-hydrogen) atoms. The van der Waals surface area contributed by atoms with Crippen molar-refractivity contribution < 1.29 is 9.59 Å². The van der Waals surface area contributed by atoms with Gasteiger partial charge in [0.2, 0.25) is 5.91 Å². The van der Waals surface area contributed by atoms with Gasteiger partial charge in [0, 0.05) is 25.2 Å². The van der Waals surface area contributed by atoms with E-state index in [1.165, 1.54) is 11.1 Å². The third kappa shape index (κ3) is 6.96. The zero-order valence-corrected chi connectivity index (χ0v) is 19.2. The van der Waals surface area contributed by atoms with E-state index in [-0.39, 0.29) is 17.6 Å². The zero-order chi connectivity index (χ0) is 22.9. The van der Waals surface area contributed by atoms with E-state index >= 15 is 0 Å². The first-order valence-corrected chi connectivity index (χ1v) is 12.1. The van der Waals surface area contributed by atoms with E-state index in [2.05, 4.69) is 45.5 Å². The largest absolute Gasteiger partial charge is 0.350 e. The number of hydrogen-bond donors (Lipinski definition) is 1. The second kappa shape index (κ2) is 11.7. The topological polar surface area (TPSA) is 62.3 Å². The van der Waals surface area contributed by atoms with Crippen LogP contribution < -0.4 is 5.32 Å². The minimum absolute atomic E-state index is 0.103. The number of hydrogen-bond acceptors (Lipinski definition) is 4. The van der Waals surface area contributed by atoms with Gasteiger partial charge in [-0.15, -0.1) is 0 Å². The van der Waals surface area contributed by atoms with Gasteiger partial charge in [-0.25, -0.2) is 0 Å². The van der Waals surface area contributed by atoms with Crippen molar-refractivity contribution in [3.8, 4) is 0 Å². The summed E-state index contributed by atoms with van der Waals surface area (Å²) in [6.45, 7) is 2.68. The van der Waals surface area contributed by atoms with Crippen LogP contribution in [0.2, 0.25) is 0 Å². The van der Waals surface area contributed by atoms with Gasteiger partial charge in [0.1, 0.15) is 0 Å². The molecule has 1 aromatic heterocycles. The Labute approximate surface area is 196 Å². The van der Waals surface area contributed by atoms with Crippen LogP contribution in [-0.4, -0.2) is 41.2 Å². The van der Waals surface area contributed by atoms with E-state index in [0.717, 1.165) is 62.9 Å². The molecule has 1 saturated carbocycles. The van der Waals surface area contributed by atoms with Crippen LogP contribution in [-0.2, 0) is 16.1 Å². The standard InChI is InChI=1S/C28H33N3O2/c32-27(21-31-17-6-11-24(16-18-31)23-7-2-1-3-8-23)15-13-22-12-14-26(29-19-22)20-30-28(33)25-9-4-5-10-25/h1-3,7-8,11-15,19,25H,4-6,9-10,16-18,20-21H2,(H,30,33)/b15-13+. The molecular weight excluding hydrogens is 410 g/mol. The minimum Gasteiger partial charge on any atom is -0.350 e. The number of ketones is 1. The third-order valence-corrected chi connectivity index (χ3v) is 6.54.